The predicted molar refractivity (Wildman–Crippen MR) is 39.0 cm³/mol. The fraction of sp³-hybridized carbons (Fsp3) is 0. The normalized spacial score (nSPS) is 10.2. The summed E-state index contributed by atoms with van der Waals surface area (Å²) in [7, 11) is -3.98. The Morgan fingerprint density at radius 1 is 1.09 bits per heavy atom. The van der Waals surface area contributed by atoms with Crippen LogP contribution in [0.2, 0.25) is 0 Å². The van der Waals surface area contributed by atoms with Gasteiger partial charge in [0, 0.05) is 0 Å². The van der Waals surface area contributed by atoms with E-state index in [0.717, 1.165) is 0 Å². The third kappa shape index (κ3) is 4.96. The first-order valence-electron chi connectivity index (χ1n) is 2.32. The third-order valence-electron chi connectivity index (χ3n) is 0.489. The first kappa shape index (κ1) is 9.49. The van der Waals surface area contributed by atoms with Crippen LogP contribution < -0.4 is 20.9 Å². The molecule has 0 saturated heterocycles. The van der Waals surface area contributed by atoms with E-state index in [9.17, 15) is 8.42 Å². The van der Waals surface area contributed by atoms with Crippen LogP contribution in [0.5, 0.6) is 0 Å². The zero-order valence-corrected chi connectivity index (χ0v) is 6.20. The van der Waals surface area contributed by atoms with Crippen molar-refractivity contribution >= 4 is 22.1 Å². The van der Waals surface area contributed by atoms with Crippen molar-refractivity contribution in [3.63, 3.8) is 0 Å². The van der Waals surface area contributed by atoms with Crippen LogP contribution in [0.15, 0.2) is 0 Å². The van der Waals surface area contributed by atoms with Crippen molar-refractivity contribution in [2.45, 2.75) is 0 Å². The van der Waals surface area contributed by atoms with Crippen molar-refractivity contribution in [1.82, 2.24) is 9.44 Å². The number of guanidine groups is 2. The van der Waals surface area contributed by atoms with Crippen LogP contribution in [0.3, 0.4) is 0 Å². The van der Waals surface area contributed by atoms with Gasteiger partial charge in [0.1, 0.15) is 0 Å². The average Bonchev–Trinajstić information content (AvgIpc) is 1.53. The molecular formula is C2H8N6O2S. The summed E-state index contributed by atoms with van der Waals surface area (Å²) in [6.07, 6.45) is 0. The quantitative estimate of drug-likeness (QED) is 0.200. The van der Waals surface area contributed by atoms with Gasteiger partial charge >= 0.3 is 10.2 Å². The molecule has 11 heavy (non-hydrogen) atoms. The molecule has 0 aliphatic rings. The molecule has 0 radical (unpaired) electrons. The molecule has 0 aromatic heterocycles. The maximum Gasteiger partial charge on any atom is 0.326 e. The van der Waals surface area contributed by atoms with Gasteiger partial charge in [-0.25, -0.2) is 9.44 Å². The molecular weight excluding hydrogens is 172 g/mol. The molecule has 0 rings (SSSR count). The molecule has 0 atom stereocenters. The maximum atomic E-state index is 10.6. The molecule has 0 unspecified atom stereocenters. The minimum atomic E-state index is -3.98. The van der Waals surface area contributed by atoms with Crippen LogP contribution in [0, 0.1) is 10.8 Å². The van der Waals surface area contributed by atoms with Crippen molar-refractivity contribution in [3.8, 4) is 0 Å². The van der Waals surface area contributed by atoms with Gasteiger partial charge in [-0.1, -0.05) is 0 Å². The van der Waals surface area contributed by atoms with E-state index >= 15 is 0 Å². The van der Waals surface area contributed by atoms with Crippen molar-refractivity contribution in [2.75, 3.05) is 0 Å². The Morgan fingerprint density at radius 3 is 1.55 bits per heavy atom. The Labute approximate surface area is 63.2 Å². The minimum Gasteiger partial charge on any atom is -0.369 e. The van der Waals surface area contributed by atoms with Crippen molar-refractivity contribution in [2.24, 2.45) is 11.5 Å². The first-order valence-corrected chi connectivity index (χ1v) is 3.80. The Hall–Kier alpha value is -1.51. The van der Waals surface area contributed by atoms with Crippen LogP contribution in [-0.4, -0.2) is 20.3 Å². The highest BCUT2D eigenvalue weighted by Crippen LogP contribution is 1.71. The second-order valence-corrected chi connectivity index (χ2v) is 2.95. The zero-order chi connectivity index (χ0) is 9.07. The standard InChI is InChI=1S/C2H8N6O2S/c3-1(4)7-11(9,10)8-2(5)6/h(H4,3,4,7)(H4,5,6,8). The minimum absolute atomic E-state index is 0.751. The van der Waals surface area contributed by atoms with Crippen LogP contribution >= 0.6 is 0 Å². The number of nitrogens with two attached hydrogens (primary N) is 2. The molecule has 8 nitrogen and oxygen atoms in total. The van der Waals surface area contributed by atoms with Crippen LogP contribution in [0.25, 0.3) is 0 Å². The number of rotatable bonds is 2. The van der Waals surface area contributed by atoms with E-state index in [0.29, 0.717) is 0 Å². The molecule has 9 heteroatoms. The average molecular weight is 180 g/mol. The van der Waals surface area contributed by atoms with Gasteiger partial charge in [0.2, 0.25) is 11.9 Å². The molecule has 0 heterocycles. The number of hydrogen-bond acceptors (Lipinski definition) is 4. The lowest BCUT2D eigenvalue weighted by Crippen LogP contribution is -2.47. The molecule has 0 aromatic carbocycles. The summed E-state index contributed by atoms with van der Waals surface area (Å²) in [6, 6.07) is 0. The molecule has 0 fully saturated rings. The van der Waals surface area contributed by atoms with Crippen molar-refractivity contribution in [1.29, 1.82) is 10.8 Å². The highest BCUT2D eigenvalue weighted by molar-refractivity contribution is 7.88. The van der Waals surface area contributed by atoms with E-state index in [2.05, 4.69) is 0 Å². The number of hydrogen-bond donors (Lipinski definition) is 6. The summed E-state index contributed by atoms with van der Waals surface area (Å²) >= 11 is 0. The van der Waals surface area contributed by atoms with Crippen LogP contribution in [0.4, 0.5) is 0 Å². The molecule has 0 bridgehead atoms. The molecule has 8 N–H and O–H groups in total. The highest BCUT2D eigenvalue weighted by atomic mass is 32.2. The number of nitrogens with one attached hydrogen (secondary N) is 4. The summed E-state index contributed by atoms with van der Waals surface area (Å²) in [5, 5.41) is 13.1. The first-order chi connectivity index (χ1) is 4.83. The van der Waals surface area contributed by atoms with Crippen LogP contribution in [0.1, 0.15) is 0 Å². The fourth-order valence-electron chi connectivity index (χ4n) is 0.315. The summed E-state index contributed by atoms with van der Waals surface area (Å²) < 4.78 is 24.3. The molecule has 0 amide bonds. The molecule has 0 aliphatic heterocycles. The molecule has 0 aromatic rings. The Morgan fingerprint density at radius 2 is 1.36 bits per heavy atom. The molecule has 0 spiro atoms. The lowest BCUT2D eigenvalue weighted by Gasteiger charge is -2.05. The van der Waals surface area contributed by atoms with E-state index in [1.54, 1.807) is 9.44 Å². The summed E-state index contributed by atoms with van der Waals surface area (Å²) in [4.78, 5) is 0. The SMILES string of the molecule is N=C(N)NS(=O)(=O)NC(=N)N. The summed E-state index contributed by atoms with van der Waals surface area (Å²) in [6.45, 7) is 0. The van der Waals surface area contributed by atoms with Gasteiger partial charge in [0.15, 0.2) is 0 Å². The second-order valence-electron chi connectivity index (χ2n) is 1.53. The molecule has 0 aliphatic carbocycles. The van der Waals surface area contributed by atoms with Crippen molar-refractivity contribution in [3.05, 3.63) is 0 Å². The van der Waals surface area contributed by atoms with E-state index in [1.165, 1.54) is 0 Å². The smallest absolute Gasteiger partial charge is 0.326 e. The van der Waals surface area contributed by atoms with Crippen molar-refractivity contribution < 1.29 is 8.42 Å². The largest absolute Gasteiger partial charge is 0.369 e. The Bertz CT molecular complexity index is 244. The monoisotopic (exact) mass is 180 g/mol. The van der Waals surface area contributed by atoms with Gasteiger partial charge in [-0.15, -0.1) is 0 Å². The van der Waals surface area contributed by atoms with Gasteiger partial charge < -0.3 is 11.5 Å². The van der Waals surface area contributed by atoms with Gasteiger partial charge in [-0.05, 0) is 0 Å². The van der Waals surface area contributed by atoms with Gasteiger partial charge in [-0.2, -0.15) is 8.42 Å². The lowest BCUT2D eigenvalue weighted by molar-refractivity contribution is 0.588. The summed E-state index contributed by atoms with van der Waals surface area (Å²) in [5.41, 5.74) is 9.39. The molecule has 0 saturated carbocycles. The Kier molecular flexibility index (Phi) is 2.63. The highest BCUT2D eigenvalue weighted by Gasteiger charge is 2.09. The summed E-state index contributed by atoms with van der Waals surface area (Å²) in [5.74, 6) is -1.50. The maximum absolute atomic E-state index is 10.6. The van der Waals surface area contributed by atoms with E-state index in [1.807, 2.05) is 0 Å². The van der Waals surface area contributed by atoms with E-state index in [4.69, 9.17) is 22.3 Å². The van der Waals surface area contributed by atoms with Gasteiger partial charge in [0.05, 0.1) is 0 Å². The van der Waals surface area contributed by atoms with E-state index < -0.39 is 22.1 Å². The Balaban J connectivity index is 4.25. The molecule has 64 valence electrons. The predicted octanol–water partition coefficient (Wildman–Crippen LogP) is -2.80. The van der Waals surface area contributed by atoms with Crippen LogP contribution in [-0.2, 0) is 10.2 Å². The van der Waals surface area contributed by atoms with Gasteiger partial charge in [0.25, 0.3) is 0 Å². The van der Waals surface area contributed by atoms with Gasteiger partial charge in [-0.3, -0.25) is 10.8 Å². The third-order valence-corrected chi connectivity index (χ3v) is 1.47. The topological polar surface area (TPSA) is 158 Å². The second kappa shape index (κ2) is 3.05. The fourth-order valence-corrected chi connectivity index (χ4v) is 0.945. The lowest BCUT2D eigenvalue weighted by atomic mass is 11.1. The van der Waals surface area contributed by atoms with E-state index in [-0.39, 0.29) is 0 Å². The zero-order valence-electron chi connectivity index (χ0n) is 5.38.